The molecule has 2 aromatic rings. The average molecular weight is 517 g/mol. The molecule has 0 saturated heterocycles. The van der Waals surface area contributed by atoms with Crippen LogP contribution >= 0.6 is 0 Å². The highest BCUT2D eigenvalue weighted by Gasteiger charge is 2.40. The van der Waals surface area contributed by atoms with Gasteiger partial charge in [0, 0.05) is 23.0 Å². The third-order valence-corrected chi connectivity index (χ3v) is 8.21. The quantitative estimate of drug-likeness (QED) is 0.349. The van der Waals surface area contributed by atoms with Gasteiger partial charge in [-0.2, -0.15) is 13.2 Å². The molecule has 2 aliphatic rings. The predicted octanol–water partition coefficient (Wildman–Crippen LogP) is 6.89. The summed E-state index contributed by atoms with van der Waals surface area (Å²) in [5, 5.41) is 11.6. The van der Waals surface area contributed by atoms with Gasteiger partial charge in [-0.05, 0) is 91.0 Å². The molecule has 1 aromatic carbocycles. The van der Waals surface area contributed by atoms with Gasteiger partial charge in [-0.15, -0.1) is 0 Å². The van der Waals surface area contributed by atoms with Crippen LogP contribution in [0.1, 0.15) is 83.4 Å². The Balaban J connectivity index is 1.52. The molecular weight excluding hydrogens is 477 g/mol. The minimum absolute atomic E-state index is 0.0439. The second-order valence-corrected chi connectivity index (χ2v) is 11.9. The highest BCUT2D eigenvalue weighted by atomic mass is 19.4. The number of hydrogen-bond donors (Lipinski definition) is 3. The number of halogens is 3. The molecule has 1 saturated carbocycles. The average Bonchev–Trinajstić information content (AvgIpc) is 3.27. The number of anilines is 2. The Morgan fingerprint density at radius 1 is 1.19 bits per heavy atom. The van der Waals surface area contributed by atoms with E-state index in [1.807, 2.05) is 6.21 Å². The van der Waals surface area contributed by atoms with Crippen molar-refractivity contribution >= 4 is 28.5 Å². The summed E-state index contributed by atoms with van der Waals surface area (Å²) in [5.41, 5.74) is 14.0. The van der Waals surface area contributed by atoms with E-state index >= 15 is 0 Å². The van der Waals surface area contributed by atoms with Crippen LogP contribution in [0.15, 0.2) is 34.8 Å². The third-order valence-electron chi connectivity index (χ3n) is 8.21. The zero-order chi connectivity index (χ0) is 27.1. The smallest absolute Gasteiger partial charge is 0.398 e. The van der Waals surface area contributed by atoms with Gasteiger partial charge in [-0.1, -0.05) is 33.8 Å². The van der Waals surface area contributed by atoms with Gasteiger partial charge in [0.25, 0.3) is 0 Å². The lowest BCUT2D eigenvalue weighted by atomic mass is 9.62. The summed E-state index contributed by atoms with van der Waals surface area (Å²) in [6, 6.07) is 4.21. The van der Waals surface area contributed by atoms with Gasteiger partial charge >= 0.3 is 6.18 Å². The number of alkyl halides is 3. The van der Waals surface area contributed by atoms with E-state index in [-0.39, 0.29) is 34.5 Å². The molecule has 0 bridgehead atoms. The number of nitrogens with two attached hydrogens (primary N) is 2. The lowest BCUT2D eigenvalue weighted by Crippen LogP contribution is -2.33. The third kappa shape index (κ3) is 5.95. The first kappa shape index (κ1) is 27.4. The Morgan fingerprint density at radius 3 is 2.57 bits per heavy atom. The SMILES string of the molecule is CC(C)CCC1C=C(C(O)C[C@]2(C)CCC(c3c(N)ccc4nc(C(F)(F)F)cc(N)c34)C(C)C2)C=N1. The first-order valence-electron chi connectivity index (χ1n) is 13.3. The van der Waals surface area contributed by atoms with Gasteiger partial charge in [-0.3, -0.25) is 4.99 Å². The summed E-state index contributed by atoms with van der Waals surface area (Å²) in [5.74, 6) is 0.870. The van der Waals surface area contributed by atoms with Crippen molar-refractivity contribution < 1.29 is 18.3 Å². The summed E-state index contributed by atoms with van der Waals surface area (Å²) in [4.78, 5) is 8.44. The molecule has 0 amide bonds. The van der Waals surface area contributed by atoms with Crippen molar-refractivity contribution in [3.8, 4) is 0 Å². The second-order valence-electron chi connectivity index (χ2n) is 11.9. The van der Waals surface area contributed by atoms with E-state index in [4.69, 9.17) is 11.5 Å². The molecule has 1 aliphatic heterocycles. The van der Waals surface area contributed by atoms with E-state index in [0.29, 0.717) is 23.4 Å². The molecule has 4 unspecified atom stereocenters. The maximum atomic E-state index is 13.3. The number of fused-ring (bicyclic) bond motifs is 1. The zero-order valence-electron chi connectivity index (χ0n) is 22.1. The minimum atomic E-state index is -4.57. The number of pyridine rings is 1. The lowest BCUT2D eigenvalue weighted by molar-refractivity contribution is -0.140. The Bertz CT molecular complexity index is 1210. The van der Waals surface area contributed by atoms with Crippen molar-refractivity contribution in [3.63, 3.8) is 0 Å². The van der Waals surface area contributed by atoms with Crippen LogP contribution in [-0.4, -0.2) is 28.5 Å². The van der Waals surface area contributed by atoms with Crippen molar-refractivity contribution in [3.05, 3.63) is 41.1 Å². The Morgan fingerprint density at radius 2 is 1.92 bits per heavy atom. The van der Waals surface area contributed by atoms with Crippen molar-refractivity contribution in [1.29, 1.82) is 0 Å². The van der Waals surface area contributed by atoms with Crippen LogP contribution in [0.4, 0.5) is 24.5 Å². The summed E-state index contributed by atoms with van der Waals surface area (Å²) < 4.78 is 39.9. The highest BCUT2D eigenvalue weighted by Crippen LogP contribution is 2.52. The number of aromatic nitrogens is 1. The molecule has 8 heteroatoms. The molecular formula is C29H39F3N4O. The fourth-order valence-electron chi connectivity index (χ4n) is 6.30. The number of rotatable bonds is 7. The summed E-state index contributed by atoms with van der Waals surface area (Å²) in [6.07, 6.45) is 4.07. The van der Waals surface area contributed by atoms with Gasteiger partial charge in [0.15, 0.2) is 0 Å². The maximum absolute atomic E-state index is 13.3. The van der Waals surface area contributed by atoms with Gasteiger partial charge in [0.2, 0.25) is 0 Å². The van der Waals surface area contributed by atoms with Crippen LogP contribution in [0.2, 0.25) is 0 Å². The Hall–Kier alpha value is -2.61. The first-order valence-corrected chi connectivity index (χ1v) is 13.3. The molecule has 1 aliphatic carbocycles. The van der Waals surface area contributed by atoms with Crippen LogP contribution in [0.25, 0.3) is 10.9 Å². The van der Waals surface area contributed by atoms with Gasteiger partial charge in [-0.25, -0.2) is 4.98 Å². The van der Waals surface area contributed by atoms with Crippen LogP contribution in [0, 0.1) is 17.3 Å². The van der Waals surface area contributed by atoms with E-state index in [1.165, 1.54) is 6.07 Å². The monoisotopic (exact) mass is 516 g/mol. The van der Waals surface area contributed by atoms with Crippen molar-refractivity contribution in [2.24, 2.45) is 22.2 Å². The minimum Gasteiger partial charge on any atom is -0.398 e. The van der Waals surface area contributed by atoms with Gasteiger partial charge in [0.05, 0.1) is 17.7 Å². The van der Waals surface area contributed by atoms with Crippen LogP contribution in [0.5, 0.6) is 0 Å². The second kappa shape index (κ2) is 10.3. The normalized spacial score (nSPS) is 27.2. The molecule has 5 N–H and O–H groups in total. The van der Waals surface area contributed by atoms with Crippen molar-refractivity contribution in [1.82, 2.24) is 4.98 Å². The molecule has 0 radical (unpaired) electrons. The molecule has 1 fully saturated rings. The number of aliphatic hydroxyl groups is 1. The van der Waals surface area contributed by atoms with Crippen LogP contribution < -0.4 is 11.5 Å². The fourth-order valence-corrected chi connectivity index (χ4v) is 6.30. The van der Waals surface area contributed by atoms with E-state index < -0.39 is 18.0 Å². The van der Waals surface area contributed by atoms with E-state index in [9.17, 15) is 18.3 Å². The fraction of sp³-hybridized carbons (Fsp3) is 0.586. The summed E-state index contributed by atoms with van der Waals surface area (Å²) in [7, 11) is 0. The van der Waals surface area contributed by atoms with Gasteiger partial charge in [0.1, 0.15) is 5.69 Å². The van der Waals surface area contributed by atoms with E-state index in [1.54, 1.807) is 6.07 Å². The van der Waals surface area contributed by atoms with Crippen molar-refractivity contribution in [2.75, 3.05) is 11.5 Å². The number of nitrogens with zero attached hydrogens (tertiary/aromatic N) is 2. The summed E-state index contributed by atoms with van der Waals surface area (Å²) in [6.45, 7) is 8.77. The van der Waals surface area contributed by atoms with Crippen LogP contribution in [-0.2, 0) is 6.18 Å². The molecule has 5 atom stereocenters. The molecule has 1 aromatic heterocycles. The van der Waals surface area contributed by atoms with Gasteiger partial charge < -0.3 is 16.6 Å². The predicted molar refractivity (Wildman–Crippen MR) is 144 cm³/mol. The molecule has 4 rings (SSSR count). The Kier molecular flexibility index (Phi) is 7.62. The number of benzene rings is 1. The largest absolute Gasteiger partial charge is 0.433 e. The molecule has 0 spiro atoms. The highest BCUT2D eigenvalue weighted by molar-refractivity contribution is 5.97. The molecule has 37 heavy (non-hydrogen) atoms. The zero-order valence-corrected chi connectivity index (χ0v) is 22.1. The van der Waals surface area contributed by atoms with Crippen molar-refractivity contribution in [2.45, 2.75) is 90.5 Å². The molecule has 5 nitrogen and oxygen atoms in total. The lowest BCUT2D eigenvalue weighted by Gasteiger charge is -2.43. The maximum Gasteiger partial charge on any atom is 0.433 e. The number of nitrogen functional groups attached to an aromatic ring is 2. The Labute approximate surface area is 217 Å². The first-order chi connectivity index (χ1) is 17.3. The topological polar surface area (TPSA) is 97.5 Å². The molecule has 202 valence electrons. The number of aliphatic imine (C=N–C) groups is 1. The summed E-state index contributed by atoms with van der Waals surface area (Å²) >= 11 is 0. The van der Waals surface area contributed by atoms with E-state index in [0.717, 1.165) is 49.3 Å². The van der Waals surface area contributed by atoms with E-state index in [2.05, 4.69) is 43.7 Å². The molecule has 2 heterocycles. The number of aliphatic hydroxyl groups excluding tert-OH is 1. The number of hydrogen-bond acceptors (Lipinski definition) is 5. The van der Waals surface area contributed by atoms with Crippen LogP contribution in [0.3, 0.4) is 0 Å². The standard InChI is InChI=1S/C29H39F3N4O/c1-16(2)5-6-19-11-18(15-35-19)24(37)14-28(4)10-9-20(17(3)13-28)26-21(33)7-8-23-27(26)22(34)12-25(36-23)29(30,31)32/h7-8,11-12,15-17,19-20,24,37H,5-6,9-10,13-14,33H2,1-4H3,(H2,34,36)/t17?,19?,20?,24?,28-/m1/s1.